The Hall–Kier alpha value is -0.670. The van der Waals surface area contributed by atoms with Gasteiger partial charge in [0.25, 0.3) is 0 Å². The van der Waals surface area contributed by atoms with Crippen LogP contribution in [0.3, 0.4) is 0 Å². The molecule has 0 saturated heterocycles. The van der Waals surface area contributed by atoms with Crippen molar-refractivity contribution in [3.63, 3.8) is 0 Å². The van der Waals surface area contributed by atoms with Crippen molar-refractivity contribution >= 4 is 35.8 Å². The predicted molar refractivity (Wildman–Crippen MR) is 98.5 cm³/mol. The van der Waals surface area contributed by atoms with Crippen LogP contribution in [0.1, 0.15) is 30.9 Å². The summed E-state index contributed by atoms with van der Waals surface area (Å²) in [5.41, 5.74) is 1.62. The number of hydrogen-bond acceptors (Lipinski definition) is 2. The maximum absolute atomic E-state index is 10.6. The molecule has 1 N–H and O–H groups in total. The lowest BCUT2D eigenvalue weighted by atomic mass is 9.68. The van der Waals surface area contributed by atoms with Gasteiger partial charge in [0.2, 0.25) is 0 Å². The Labute approximate surface area is 147 Å². The largest absolute Gasteiger partial charge is 0.392 e. The van der Waals surface area contributed by atoms with Gasteiger partial charge in [0.15, 0.2) is 0 Å². The van der Waals surface area contributed by atoms with Gasteiger partial charge in [-0.3, -0.25) is 0 Å². The van der Waals surface area contributed by atoms with Gasteiger partial charge < -0.3 is 5.11 Å². The van der Waals surface area contributed by atoms with Crippen molar-refractivity contribution in [2.24, 2.45) is 0 Å². The van der Waals surface area contributed by atoms with E-state index in [4.69, 9.17) is 23.2 Å². The van der Waals surface area contributed by atoms with Gasteiger partial charge in [-0.25, -0.2) is 0 Å². The molecule has 0 saturated carbocycles. The van der Waals surface area contributed by atoms with E-state index < -0.39 is 11.5 Å². The quantitative estimate of drug-likeness (QED) is 0.668. The molecular weight excluding hydrogens is 335 g/mol. The highest BCUT2D eigenvalue weighted by Gasteiger charge is 2.38. The number of thiol groups is 1. The molecule has 0 radical (unpaired) electrons. The molecule has 2 aromatic carbocycles. The van der Waals surface area contributed by atoms with Crippen molar-refractivity contribution in [3.8, 4) is 0 Å². The number of rotatable bonds is 6. The zero-order chi connectivity index (χ0) is 16.2. The molecule has 1 unspecified atom stereocenters. The van der Waals surface area contributed by atoms with E-state index in [1.165, 1.54) is 0 Å². The van der Waals surface area contributed by atoms with E-state index in [1.807, 2.05) is 55.5 Å². The Balaban J connectivity index is 2.59. The lowest BCUT2D eigenvalue weighted by Crippen LogP contribution is -2.39. The highest BCUT2D eigenvalue weighted by Crippen LogP contribution is 2.41. The number of aliphatic hydroxyl groups is 1. The zero-order valence-electron chi connectivity index (χ0n) is 12.5. The van der Waals surface area contributed by atoms with E-state index in [1.54, 1.807) is 0 Å². The third kappa shape index (κ3) is 3.62. The van der Waals surface area contributed by atoms with Crippen molar-refractivity contribution in [2.75, 3.05) is 5.75 Å². The van der Waals surface area contributed by atoms with Crippen LogP contribution < -0.4 is 0 Å². The van der Waals surface area contributed by atoms with Crippen LogP contribution in [0.15, 0.2) is 48.5 Å². The second-order valence-corrected chi connectivity index (χ2v) is 6.81. The van der Waals surface area contributed by atoms with Crippen LogP contribution in [-0.4, -0.2) is 17.0 Å². The van der Waals surface area contributed by atoms with Crippen LogP contribution in [0.4, 0.5) is 0 Å². The molecule has 0 aliphatic carbocycles. The Kier molecular flexibility index (Phi) is 6.22. The van der Waals surface area contributed by atoms with Gasteiger partial charge in [-0.1, -0.05) is 47.5 Å². The summed E-state index contributed by atoms with van der Waals surface area (Å²) in [5.74, 6) is 0.773. The van der Waals surface area contributed by atoms with Crippen LogP contribution in [0.25, 0.3) is 0 Å². The Morgan fingerprint density at radius 1 is 0.955 bits per heavy atom. The molecule has 0 aliphatic rings. The van der Waals surface area contributed by atoms with Crippen molar-refractivity contribution in [3.05, 3.63) is 69.7 Å². The average Bonchev–Trinajstić information content (AvgIpc) is 2.50. The van der Waals surface area contributed by atoms with Crippen LogP contribution in [0, 0.1) is 0 Å². The molecule has 4 heteroatoms. The molecule has 2 aromatic rings. The topological polar surface area (TPSA) is 20.2 Å². The molecule has 0 heterocycles. The molecule has 0 amide bonds. The fraction of sp³-hybridized carbons (Fsp3) is 0.333. The Bertz CT molecular complexity index is 548. The van der Waals surface area contributed by atoms with E-state index in [9.17, 15) is 5.11 Å². The van der Waals surface area contributed by atoms with Crippen LogP contribution in [0.5, 0.6) is 0 Å². The maximum atomic E-state index is 10.6. The summed E-state index contributed by atoms with van der Waals surface area (Å²) in [6.07, 6.45) is 1.16. The number of halogens is 2. The molecular formula is C18H20Cl2OS. The molecule has 1 atom stereocenters. The molecule has 0 aliphatic heterocycles. The van der Waals surface area contributed by atoms with Gasteiger partial charge in [0.1, 0.15) is 0 Å². The zero-order valence-corrected chi connectivity index (χ0v) is 14.9. The summed E-state index contributed by atoms with van der Waals surface area (Å²) in [5, 5.41) is 12.0. The van der Waals surface area contributed by atoms with Crippen LogP contribution in [0.2, 0.25) is 10.0 Å². The standard InChI is InChI=1S/C18H20Cl2OS/c1-13(21)18(11-2-12-22,14-3-7-16(19)8-4-14)15-5-9-17(20)10-6-15/h3-10,13,21-22H,2,11-12H2,1H3. The summed E-state index contributed by atoms with van der Waals surface area (Å²) in [6, 6.07) is 15.4. The minimum Gasteiger partial charge on any atom is -0.392 e. The Morgan fingerprint density at radius 3 is 1.68 bits per heavy atom. The highest BCUT2D eigenvalue weighted by atomic mass is 35.5. The SMILES string of the molecule is CC(O)C(CCCS)(c1ccc(Cl)cc1)c1ccc(Cl)cc1. The molecule has 2 rings (SSSR count). The Morgan fingerprint density at radius 2 is 1.36 bits per heavy atom. The average molecular weight is 355 g/mol. The van der Waals surface area contributed by atoms with Crippen LogP contribution in [-0.2, 0) is 5.41 Å². The monoisotopic (exact) mass is 354 g/mol. The summed E-state index contributed by atoms with van der Waals surface area (Å²) >= 11 is 16.4. The predicted octanol–water partition coefficient (Wildman–Crippen LogP) is 5.37. The molecule has 22 heavy (non-hydrogen) atoms. The minimum atomic E-state index is -0.547. The first-order valence-corrected chi connectivity index (χ1v) is 8.70. The van der Waals surface area contributed by atoms with Gasteiger partial charge in [-0.2, -0.15) is 12.6 Å². The van der Waals surface area contributed by atoms with Gasteiger partial charge in [-0.15, -0.1) is 0 Å². The van der Waals surface area contributed by atoms with Crippen LogP contribution >= 0.6 is 35.8 Å². The summed E-state index contributed by atoms with van der Waals surface area (Å²) < 4.78 is 0. The first-order chi connectivity index (χ1) is 10.5. The second-order valence-electron chi connectivity index (χ2n) is 5.49. The lowest BCUT2D eigenvalue weighted by Gasteiger charge is -2.38. The lowest BCUT2D eigenvalue weighted by molar-refractivity contribution is 0.113. The molecule has 0 bridgehead atoms. The summed E-state index contributed by atoms with van der Waals surface area (Å²) in [4.78, 5) is 0. The van der Waals surface area contributed by atoms with E-state index in [0.717, 1.165) is 29.7 Å². The van der Waals surface area contributed by atoms with Crippen molar-refractivity contribution in [1.29, 1.82) is 0 Å². The van der Waals surface area contributed by atoms with Gasteiger partial charge >= 0.3 is 0 Å². The van der Waals surface area contributed by atoms with Gasteiger partial charge in [0, 0.05) is 15.5 Å². The third-order valence-electron chi connectivity index (χ3n) is 4.16. The fourth-order valence-corrected chi connectivity index (χ4v) is 3.41. The van der Waals surface area contributed by atoms with Gasteiger partial charge in [-0.05, 0) is 60.9 Å². The third-order valence-corrected chi connectivity index (χ3v) is 4.98. The van der Waals surface area contributed by atoms with E-state index in [2.05, 4.69) is 12.6 Å². The molecule has 118 valence electrons. The molecule has 0 aromatic heterocycles. The first-order valence-electron chi connectivity index (χ1n) is 7.31. The second kappa shape index (κ2) is 7.74. The number of benzene rings is 2. The molecule has 0 spiro atoms. The van der Waals surface area contributed by atoms with Crippen molar-refractivity contribution in [1.82, 2.24) is 0 Å². The first kappa shape index (κ1) is 17.7. The number of aliphatic hydroxyl groups excluding tert-OH is 1. The molecule has 1 nitrogen and oxygen atoms in total. The highest BCUT2D eigenvalue weighted by molar-refractivity contribution is 7.80. The molecule has 0 fully saturated rings. The minimum absolute atomic E-state index is 0.488. The van der Waals surface area contributed by atoms with E-state index in [0.29, 0.717) is 10.0 Å². The van der Waals surface area contributed by atoms with E-state index >= 15 is 0 Å². The number of hydrogen-bond donors (Lipinski definition) is 2. The summed E-state index contributed by atoms with van der Waals surface area (Å²) in [7, 11) is 0. The smallest absolute Gasteiger partial charge is 0.0649 e. The fourth-order valence-electron chi connectivity index (χ4n) is 3.00. The van der Waals surface area contributed by atoms with Crippen molar-refractivity contribution in [2.45, 2.75) is 31.3 Å². The van der Waals surface area contributed by atoms with Crippen molar-refractivity contribution < 1.29 is 5.11 Å². The van der Waals surface area contributed by atoms with E-state index in [-0.39, 0.29) is 0 Å². The summed E-state index contributed by atoms with van der Waals surface area (Å²) in [6.45, 7) is 1.84. The van der Waals surface area contributed by atoms with Gasteiger partial charge in [0.05, 0.1) is 6.10 Å². The normalized spacial score (nSPS) is 13.1. The maximum Gasteiger partial charge on any atom is 0.0649 e.